The number of carbonyl (C=O) groups excluding carboxylic acids is 3. The zero-order chi connectivity index (χ0) is 21.9. The zero-order valence-corrected chi connectivity index (χ0v) is 17.9. The third kappa shape index (κ3) is 5.01. The van der Waals surface area contributed by atoms with Crippen molar-refractivity contribution in [2.24, 2.45) is 11.8 Å². The van der Waals surface area contributed by atoms with Crippen LogP contribution in [0.4, 0.5) is 4.39 Å². The summed E-state index contributed by atoms with van der Waals surface area (Å²) in [6, 6.07) is 4.04. The molecule has 3 rings (SSSR count). The number of aryl methyl sites for hydroxylation is 1. The molecule has 2 aliphatic rings. The number of ketones is 1. The van der Waals surface area contributed by atoms with Gasteiger partial charge in [-0.25, -0.2) is 4.39 Å². The largest absolute Gasteiger partial charge is 0.373 e. The van der Waals surface area contributed by atoms with Crippen LogP contribution < -0.4 is 5.32 Å². The molecule has 1 aromatic carbocycles. The smallest absolute Gasteiger partial charge is 0.262 e. The average Bonchev–Trinajstić information content (AvgIpc) is 3.01. The lowest BCUT2D eigenvalue weighted by Crippen LogP contribution is -2.47. The second-order valence-electron chi connectivity index (χ2n) is 8.39. The number of amides is 2. The molecule has 2 N–H and O–H groups in total. The molecule has 1 unspecified atom stereocenters. The summed E-state index contributed by atoms with van der Waals surface area (Å²) in [5.41, 5.74) is -1.46. The normalized spacial score (nSPS) is 26.7. The maximum absolute atomic E-state index is 13.5. The lowest BCUT2D eigenvalue weighted by Gasteiger charge is -2.31. The van der Waals surface area contributed by atoms with Crippen LogP contribution in [0.1, 0.15) is 44.1 Å². The van der Waals surface area contributed by atoms with Gasteiger partial charge in [0.25, 0.3) is 5.91 Å². The van der Waals surface area contributed by atoms with Crippen molar-refractivity contribution < 1.29 is 23.9 Å². The van der Waals surface area contributed by atoms with Gasteiger partial charge in [-0.15, -0.1) is 0 Å². The van der Waals surface area contributed by atoms with Gasteiger partial charge in [0.1, 0.15) is 5.82 Å². The zero-order valence-electron chi connectivity index (χ0n) is 17.1. The summed E-state index contributed by atoms with van der Waals surface area (Å²) in [4.78, 5) is 38.8. The predicted octanol–water partition coefficient (Wildman–Crippen LogP) is 2.50. The number of carbonyl (C=O) groups is 3. The Bertz CT molecular complexity index is 805. The number of halogens is 2. The van der Waals surface area contributed by atoms with Crippen molar-refractivity contribution in [3.8, 4) is 0 Å². The summed E-state index contributed by atoms with van der Waals surface area (Å²) in [5, 5.41) is 13.7. The van der Waals surface area contributed by atoms with E-state index < -0.39 is 23.1 Å². The monoisotopic (exact) mass is 438 g/mol. The second-order valence-corrected chi connectivity index (χ2v) is 8.83. The fourth-order valence-corrected chi connectivity index (χ4v) is 4.79. The Balaban J connectivity index is 1.53. The van der Waals surface area contributed by atoms with Crippen LogP contribution in [0.5, 0.6) is 0 Å². The lowest BCUT2D eigenvalue weighted by atomic mass is 9.81. The molecule has 0 spiro atoms. The second kappa shape index (κ2) is 9.43. The van der Waals surface area contributed by atoms with Gasteiger partial charge in [-0.2, -0.15) is 0 Å². The van der Waals surface area contributed by atoms with E-state index in [1.807, 2.05) is 0 Å². The van der Waals surface area contributed by atoms with E-state index in [0.29, 0.717) is 18.7 Å². The molecule has 0 aromatic heterocycles. The third-order valence-electron chi connectivity index (χ3n) is 6.35. The standard InChI is InChI=1S/C22H28ClFN2O4/c1-25-20(28)16-5-2-14(3-6-16)13-26-9-8-22(30,21(26)29)19(27)7-4-15-10-17(23)12-18(24)11-15/h10-12,14,16,30H,2-9,13H2,1H3,(H,25,28). The van der Waals surface area contributed by atoms with Gasteiger partial charge in [-0.1, -0.05) is 11.6 Å². The summed E-state index contributed by atoms with van der Waals surface area (Å²) in [6.07, 6.45) is 3.46. The van der Waals surface area contributed by atoms with E-state index in [1.54, 1.807) is 18.0 Å². The van der Waals surface area contributed by atoms with Crippen LogP contribution in [0.2, 0.25) is 5.02 Å². The topological polar surface area (TPSA) is 86.7 Å². The van der Waals surface area contributed by atoms with E-state index >= 15 is 0 Å². The quantitative estimate of drug-likeness (QED) is 0.640. The molecule has 1 saturated carbocycles. The fraction of sp³-hybridized carbons (Fsp3) is 0.591. The Morgan fingerprint density at radius 1 is 1.27 bits per heavy atom. The molecule has 2 fully saturated rings. The summed E-state index contributed by atoms with van der Waals surface area (Å²) in [5.74, 6) is -1.22. The molecule has 1 atom stereocenters. The van der Waals surface area contributed by atoms with Gasteiger partial charge in [0.2, 0.25) is 11.5 Å². The Hall–Kier alpha value is -1.99. The molecule has 164 valence electrons. The number of rotatable bonds is 7. The highest BCUT2D eigenvalue weighted by molar-refractivity contribution is 6.30. The summed E-state index contributed by atoms with van der Waals surface area (Å²) >= 11 is 5.83. The summed E-state index contributed by atoms with van der Waals surface area (Å²) < 4.78 is 13.5. The molecular weight excluding hydrogens is 411 g/mol. The van der Waals surface area contributed by atoms with E-state index in [9.17, 15) is 23.9 Å². The number of benzene rings is 1. The van der Waals surface area contributed by atoms with Crippen molar-refractivity contribution in [3.63, 3.8) is 0 Å². The van der Waals surface area contributed by atoms with Crippen molar-refractivity contribution >= 4 is 29.2 Å². The van der Waals surface area contributed by atoms with E-state index in [4.69, 9.17) is 11.6 Å². The highest BCUT2D eigenvalue weighted by Gasteiger charge is 2.50. The molecule has 1 aromatic rings. The van der Waals surface area contributed by atoms with Gasteiger partial charge in [-0.3, -0.25) is 14.4 Å². The van der Waals surface area contributed by atoms with E-state index in [-0.39, 0.29) is 42.0 Å². The number of hydrogen-bond acceptors (Lipinski definition) is 4. The number of nitrogens with zero attached hydrogens (tertiary/aromatic N) is 1. The third-order valence-corrected chi connectivity index (χ3v) is 6.57. The average molecular weight is 439 g/mol. The van der Waals surface area contributed by atoms with Crippen LogP contribution in [0.25, 0.3) is 0 Å². The summed E-state index contributed by atoms with van der Waals surface area (Å²) in [6.45, 7) is 0.830. The number of hydrogen-bond donors (Lipinski definition) is 2. The van der Waals surface area contributed by atoms with Gasteiger partial charge in [-0.05, 0) is 61.8 Å². The molecule has 0 bridgehead atoms. The highest BCUT2D eigenvalue weighted by atomic mass is 35.5. The molecule has 0 radical (unpaired) electrons. The molecule has 8 heteroatoms. The number of nitrogens with one attached hydrogen (secondary N) is 1. The minimum atomic E-state index is -2.00. The molecule has 6 nitrogen and oxygen atoms in total. The fourth-order valence-electron chi connectivity index (χ4n) is 4.54. The number of Topliss-reactive ketones (excluding diaryl/α,β-unsaturated/α-hetero) is 1. The maximum atomic E-state index is 13.5. The SMILES string of the molecule is CNC(=O)C1CCC(CN2CCC(O)(C(=O)CCc3cc(F)cc(Cl)c3)C2=O)CC1. The number of aliphatic hydroxyl groups is 1. The van der Waals surface area contributed by atoms with Gasteiger partial charge in [0, 0.05) is 43.9 Å². The first kappa shape index (κ1) is 22.7. The van der Waals surface area contributed by atoms with E-state index in [2.05, 4.69) is 5.32 Å². The number of likely N-dealkylation sites (tertiary alicyclic amines) is 1. The van der Waals surface area contributed by atoms with Crippen LogP contribution in [0.3, 0.4) is 0 Å². The van der Waals surface area contributed by atoms with Crippen LogP contribution in [-0.4, -0.2) is 53.3 Å². The van der Waals surface area contributed by atoms with Crippen LogP contribution in [0.15, 0.2) is 18.2 Å². The van der Waals surface area contributed by atoms with Crippen molar-refractivity contribution in [2.45, 2.75) is 50.5 Å². The van der Waals surface area contributed by atoms with Crippen molar-refractivity contribution in [3.05, 3.63) is 34.6 Å². The first-order chi connectivity index (χ1) is 14.2. The van der Waals surface area contributed by atoms with Crippen LogP contribution in [0, 0.1) is 17.7 Å². The molecule has 2 amide bonds. The molecule has 1 aliphatic heterocycles. The van der Waals surface area contributed by atoms with Crippen LogP contribution >= 0.6 is 11.6 Å². The molecule has 1 aliphatic carbocycles. The highest BCUT2D eigenvalue weighted by Crippen LogP contribution is 2.32. The van der Waals surface area contributed by atoms with Gasteiger partial charge < -0.3 is 15.3 Å². The van der Waals surface area contributed by atoms with Crippen molar-refractivity contribution in [1.29, 1.82) is 0 Å². The van der Waals surface area contributed by atoms with Crippen molar-refractivity contribution in [2.75, 3.05) is 20.1 Å². The van der Waals surface area contributed by atoms with Gasteiger partial charge >= 0.3 is 0 Å². The molecule has 1 saturated heterocycles. The molecular formula is C22H28ClFN2O4. The Morgan fingerprint density at radius 3 is 2.60 bits per heavy atom. The lowest BCUT2D eigenvalue weighted by molar-refractivity contribution is -0.153. The van der Waals surface area contributed by atoms with E-state index in [1.165, 1.54) is 12.1 Å². The Morgan fingerprint density at radius 2 is 1.97 bits per heavy atom. The minimum absolute atomic E-state index is 0.0235. The first-order valence-electron chi connectivity index (χ1n) is 10.4. The first-order valence-corrected chi connectivity index (χ1v) is 10.8. The van der Waals surface area contributed by atoms with Gasteiger partial charge in [0.05, 0.1) is 0 Å². The molecule has 30 heavy (non-hydrogen) atoms. The summed E-state index contributed by atoms with van der Waals surface area (Å²) in [7, 11) is 1.64. The Labute approximate surface area is 180 Å². The van der Waals surface area contributed by atoms with E-state index in [0.717, 1.165) is 25.7 Å². The van der Waals surface area contributed by atoms with Crippen molar-refractivity contribution in [1.82, 2.24) is 10.2 Å². The predicted molar refractivity (Wildman–Crippen MR) is 110 cm³/mol. The van der Waals surface area contributed by atoms with Crippen LogP contribution in [-0.2, 0) is 20.8 Å². The maximum Gasteiger partial charge on any atom is 0.262 e. The minimum Gasteiger partial charge on any atom is -0.373 e. The Kier molecular flexibility index (Phi) is 7.14. The molecule has 1 heterocycles. The van der Waals surface area contributed by atoms with Gasteiger partial charge in [0.15, 0.2) is 5.78 Å².